The van der Waals surface area contributed by atoms with Crippen LogP contribution in [0.15, 0.2) is 60.7 Å². The zero-order chi connectivity index (χ0) is 17.4. The lowest BCUT2D eigenvalue weighted by Gasteiger charge is -2.34. The lowest BCUT2D eigenvalue weighted by atomic mass is 9.81. The van der Waals surface area contributed by atoms with Crippen molar-refractivity contribution in [2.45, 2.75) is 19.3 Å². The molecule has 3 aromatic carbocycles. The van der Waals surface area contributed by atoms with Crippen LogP contribution in [-0.4, -0.2) is 19.6 Å². The Balaban J connectivity index is 1.94. The van der Waals surface area contributed by atoms with Crippen LogP contribution in [-0.2, 0) is 4.79 Å². The second-order valence-corrected chi connectivity index (χ2v) is 6.39. The highest BCUT2D eigenvalue weighted by atomic mass is 16.5. The van der Waals surface area contributed by atoms with Crippen molar-refractivity contribution in [3.8, 4) is 5.75 Å². The van der Waals surface area contributed by atoms with Crippen LogP contribution in [0.25, 0.3) is 10.8 Å². The molecule has 25 heavy (non-hydrogen) atoms. The van der Waals surface area contributed by atoms with E-state index in [2.05, 4.69) is 48.5 Å². The molecule has 0 radical (unpaired) electrons. The van der Waals surface area contributed by atoms with Crippen LogP contribution in [0.3, 0.4) is 0 Å². The number of hydrogen-bond donors (Lipinski definition) is 0. The minimum Gasteiger partial charge on any atom is -0.497 e. The fraction of sp³-hybridized carbons (Fsp3) is 0.227. The number of carbonyl (C=O) groups excluding carboxylic acids is 1. The second kappa shape index (κ2) is 6.25. The first-order valence-electron chi connectivity index (χ1n) is 8.69. The molecule has 3 heteroatoms. The molecule has 1 atom stereocenters. The average Bonchev–Trinajstić information content (AvgIpc) is 2.67. The van der Waals surface area contributed by atoms with Crippen molar-refractivity contribution in [1.29, 1.82) is 0 Å². The first-order chi connectivity index (χ1) is 12.2. The lowest BCUT2D eigenvalue weighted by Crippen LogP contribution is -2.36. The molecule has 1 amide bonds. The molecular formula is C22H21NO2. The van der Waals surface area contributed by atoms with Gasteiger partial charge in [0.05, 0.1) is 7.11 Å². The van der Waals surface area contributed by atoms with Gasteiger partial charge in [0, 0.05) is 24.6 Å². The molecule has 1 aliphatic rings. The van der Waals surface area contributed by atoms with Crippen molar-refractivity contribution in [2.75, 3.05) is 18.6 Å². The topological polar surface area (TPSA) is 29.5 Å². The van der Waals surface area contributed by atoms with Gasteiger partial charge in [-0.05, 0) is 47.0 Å². The highest BCUT2D eigenvalue weighted by Gasteiger charge is 2.32. The van der Waals surface area contributed by atoms with Gasteiger partial charge in [0.25, 0.3) is 0 Å². The number of hydrogen-bond acceptors (Lipinski definition) is 2. The van der Waals surface area contributed by atoms with Crippen LogP contribution in [0.4, 0.5) is 5.69 Å². The Morgan fingerprint density at radius 3 is 2.52 bits per heavy atom. The van der Waals surface area contributed by atoms with Crippen molar-refractivity contribution in [3.05, 3.63) is 71.8 Å². The number of benzene rings is 3. The molecule has 0 saturated carbocycles. The Morgan fingerprint density at radius 2 is 1.80 bits per heavy atom. The predicted octanol–water partition coefficient (Wildman–Crippen LogP) is 4.74. The van der Waals surface area contributed by atoms with E-state index >= 15 is 0 Å². The first kappa shape index (κ1) is 15.7. The van der Waals surface area contributed by atoms with Crippen LogP contribution >= 0.6 is 0 Å². The molecule has 0 aromatic heterocycles. The fourth-order valence-electron chi connectivity index (χ4n) is 3.87. The number of anilines is 1. The Hall–Kier alpha value is -2.81. The quantitative estimate of drug-likeness (QED) is 0.694. The first-order valence-corrected chi connectivity index (χ1v) is 8.69. The molecule has 4 rings (SSSR count). The molecule has 1 heterocycles. The van der Waals surface area contributed by atoms with Crippen molar-refractivity contribution >= 4 is 22.4 Å². The molecule has 0 fully saturated rings. The summed E-state index contributed by atoms with van der Waals surface area (Å²) < 4.78 is 5.28. The minimum atomic E-state index is 0.0716. The van der Waals surface area contributed by atoms with Crippen LogP contribution < -0.4 is 9.64 Å². The second-order valence-electron chi connectivity index (χ2n) is 6.39. The Bertz CT molecular complexity index is 930. The van der Waals surface area contributed by atoms with E-state index in [1.807, 2.05) is 24.0 Å². The van der Waals surface area contributed by atoms with E-state index in [1.165, 1.54) is 16.3 Å². The van der Waals surface area contributed by atoms with E-state index in [1.54, 1.807) is 7.11 Å². The van der Waals surface area contributed by atoms with Crippen LogP contribution in [0.5, 0.6) is 5.75 Å². The minimum absolute atomic E-state index is 0.0716. The van der Waals surface area contributed by atoms with E-state index < -0.39 is 0 Å². The summed E-state index contributed by atoms with van der Waals surface area (Å²) in [6.07, 6.45) is 0.501. The number of rotatable bonds is 3. The number of nitrogens with zero attached hydrogens (tertiary/aromatic N) is 1. The number of amides is 1. The standard InChI is InChI=1S/C22H21NO2/c1-3-23-20-13-10-15-6-4-5-7-18(15)22(20)19(14-21(23)24)16-8-11-17(25-2)12-9-16/h4-13,19H,3,14H2,1-2H3. The smallest absolute Gasteiger partial charge is 0.227 e. The number of fused-ring (bicyclic) bond motifs is 3. The summed E-state index contributed by atoms with van der Waals surface area (Å²) in [4.78, 5) is 14.6. The van der Waals surface area contributed by atoms with E-state index in [4.69, 9.17) is 4.74 Å². The monoisotopic (exact) mass is 331 g/mol. The molecule has 3 nitrogen and oxygen atoms in total. The molecule has 1 unspecified atom stereocenters. The molecular weight excluding hydrogens is 310 g/mol. The molecule has 3 aromatic rings. The summed E-state index contributed by atoms with van der Waals surface area (Å²) in [6, 6.07) is 20.7. The van der Waals surface area contributed by atoms with E-state index in [0.29, 0.717) is 13.0 Å². The Labute approximate surface area is 147 Å². The van der Waals surface area contributed by atoms with E-state index in [9.17, 15) is 4.79 Å². The zero-order valence-electron chi connectivity index (χ0n) is 14.5. The summed E-state index contributed by atoms with van der Waals surface area (Å²) in [5.74, 6) is 1.09. The lowest BCUT2D eigenvalue weighted by molar-refractivity contribution is -0.119. The maximum absolute atomic E-state index is 12.7. The van der Waals surface area contributed by atoms with Gasteiger partial charge < -0.3 is 9.64 Å². The molecule has 0 bridgehead atoms. The van der Waals surface area contributed by atoms with Gasteiger partial charge in [-0.15, -0.1) is 0 Å². The normalized spacial score (nSPS) is 16.8. The van der Waals surface area contributed by atoms with Gasteiger partial charge in [-0.3, -0.25) is 4.79 Å². The molecule has 126 valence electrons. The summed E-state index contributed by atoms with van der Waals surface area (Å²) in [5, 5.41) is 2.44. The van der Waals surface area contributed by atoms with E-state index in [0.717, 1.165) is 17.0 Å². The average molecular weight is 331 g/mol. The summed E-state index contributed by atoms with van der Waals surface area (Å²) in [7, 11) is 1.67. The van der Waals surface area contributed by atoms with E-state index in [-0.39, 0.29) is 11.8 Å². The summed E-state index contributed by atoms with van der Waals surface area (Å²) >= 11 is 0. The third-order valence-electron chi connectivity index (χ3n) is 5.10. The van der Waals surface area contributed by atoms with Crippen LogP contribution in [0.2, 0.25) is 0 Å². The van der Waals surface area contributed by atoms with Crippen LogP contribution in [0, 0.1) is 0 Å². The fourth-order valence-corrected chi connectivity index (χ4v) is 3.87. The van der Waals surface area contributed by atoms with Gasteiger partial charge in [-0.2, -0.15) is 0 Å². The van der Waals surface area contributed by atoms with Crippen LogP contribution in [0.1, 0.15) is 30.4 Å². The third-order valence-corrected chi connectivity index (χ3v) is 5.10. The van der Waals surface area contributed by atoms with Crippen molar-refractivity contribution in [2.24, 2.45) is 0 Å². The number of ether oxygens (including phenoxy) is 1. The number of methoxy groups -OCH3 is 1. The number of carbonyl (C=O) groups is 1. The van der Waals surface area contributed by atoms with Crippen molar-refractivity contribution in [1.82, 2.24) is 0 Å². The highest BCUT2D eigenvalue weighted by molar-refractivity contribution is 6.03. The third kappa shape index (κ3) is 2.56. The Morgan fingerprint density at radius 1 is 1.04 bits per heavy atom. The van der Waals surface area contributed by atoms with Gasteiger partial charge in [0.1, 0.15) is 5.75 Å². The Kier molecular flexibility index (Phi) is 3.92. The highest BCUT2D eigenvalue weighted by Crippen LogP contribution is 2.44. The van der Waals surface area contributed by atoms with Crippen molar-refractivity contribution in [3.63, 3.8) is 0 Å². The van der Waals surface area contributed by atoms with Gasteiger partial charge in [-0.1, -0.05) is 42.5 Å². The van der Waals surface area contributed by atoms with Gasteiger partial charge >= 0.3 is 0 Å². The maximum atomic E-state index is 12.7. The van der Waals surface area contributed by atoms with Crippen molar-refractivity contribution < 1.29 is 9.53 Å². The summed E-state index contributed by atoms with van der Waals surface area (Å²) in [6.45, 7) is 2.73. The van der Waals surface area contributed by atoms with Gasteiger partial charge in [0.2, 0.25) is 5.91 Å². The summed E-state index contributed by atoms with van der Waals surface area (Å²) in [5.41, 5.74) is 3.45. The van der Waals surface area contributed by atoms with Gasteiger partial charge in [-0.25, -0.2) is 0 Å². The SMILES string of the molecule is CCN1C(=O)CC(c2ccc(OC)cc2)c2c1ccc1ccccc21. The molecule has 0 saturated heterocycles. The molecule has 0 spiro atoms. The molecule has 0 N–H and O–H groups in total. The molecule has 0 aliphatic carbocycles. The zero-order valence-corrected chi connectivity index (χ0v) is 14.5. The largest absolute Gasteiger partial charge is 0.497 e. The van der Waals surface area contributed by atoms with Gasteiger partial charge in [0.15, 0.2) is 0 Å². The molecule has 1 aliphatic heterocycles. The maximum Gasteiger partial charge on any atom is 0.227 e. The predicted molar refractivity (Wildman–Crippen MR) is 101 cm³/mol.